The largest absolute Gasteiger partial charge is 0.554 e. The van der Waals surface area contributed by atoms with Crippen LogP contribution in [0.3, 0.4) is 0 Å². The van der Waals surface area contributed by atoms with Gasteiger partial charge >= 0.3 is 96.8 Å². The summed E-state index contributed by atoms with van der Waals surface area (Å²) in [4.78, 5) is 179. The van der Waals surface area contributed by atoms with Gasteiger partial charge in [-0.1, -0.05) is 61.3 Å². The lowest BCUT2D eigenvalue weighted by Crippen LogP contribution is -2.34. The molecule has 0 radical (unpaired) electrons. The number of hydrogen-bond donors (Lipinski definition) is 32. The van der Waals surface area contributed by atoms with Crippen molar-refractivity contribution in [3.05, 3.63) is 0 Å². The third-order valence-corrected chi connectivity index (χ3v) is 15.6. The van der Waals surface area contributed by atoms with Gasteiger partial charge in [0, 0.05) is 47.0 Å². The minimum absolute atomic E-state index is 0.0694. The second kappa shape index (κ2) is 68.9. The second-order valence-electron chi connectivity index (χ2n) is 13.8. The van der Waals surface area contributed by atoms with Crippen molar-refractivity contribution in [2.45, 2.75) is 123 Å². The van der Waals surface area contributed by atoms with Crippen LogP contribution in [-0.4, -0.2) is 232 Å². The minimum atomic E-state index is -5.31. The highest BCUT2D eigenvalue weighted by atomic mass is 31.2. The molecule has 90 heavy (non-hydrogen) atoms. The van der Waals surface area contributed by atoms with Crippen LogP contribution < -0.4 is 50.8 Å². The van der Waals surface area contributed by atoms with Gasteiger partial charge in [-0.3, -0.25) is 51.1 Å². The molecule has 0 heterocycles. The highest BCUT2D eigenvalue weighted by Gasteiger charge is 2.59. The Balaban J connectivity index is -0.0000000591. The first kappa shape index (κ1) is 121. The fourth-order valence-corrected chi connectivity index (χ4v) is 5.67. The number of carboxylic acid groups (broad SMARTS) is 6. The number of carbonyl (C=O) groups is 6. The van der Waals surface area contributed by atoms with Crippen LogP contribution in [0.25, 0.3) is 0 Å². The lowest BCUT2D eigenvalue weighted by molar-refractivity contribution is -0.139. The number of rotatable bonds is 22. The molecule has 554 valence electrons. The van der Waals surface area contributed by atoms with E-state index in [0.29, 0.717) is 13.5 Å². The predicted molar refractivity (Wildman–Crippen MR) is 321 cm³/mol. The number of phosphoric acid groups is 2. The lowest BCUT2D eigenvalue weighted by atomic mass is 10.2. The van der Waals surface area contributed by atoms with Gasteiger partial charge in [-0.15, -0.1) is 0 Å². The van der Waals surface area contributed by atoms with E-state index in [9.17, 15) is 60.5 Å². The van der Waals surface area contributed by atoms with Crippen LogP contribution in [0.1, 0.15) is 101 Å². The maximum atomic E-state index is 10.6. The highest BCUT2D eigenvalue weighted by molar-refractivity contribution is 7.72. The molecule has 0 aromatic heterocycles. The van der Waals surface area contributed by atoms with E-state index in [1.165, 1.54) is 14.0 Å². The zero-order valence-corrected chi connectivity index (χ0v) is 57.9. The fourth-order valence-electron chi connectivity index (χ4n) is 1.88. The molecule has 0 aliphatic heterocycles. The van der Waals surface area contributed by atoms with Crippen LogP contribution in [-0.2, 0) is 64.7 Å². The summed E-state index contributed by atoms with van der Waals surface area (Å²) >= 11 is 0. The average Bonchev–Trinajstić information content (AvgIpc) is 3.37. The van der Waals surface area contributed by atoms with Gasteiger partial charge in [0.05, 0.1) is 32.5 Å². The number of hydrogen-bond acceptors (Lipinski definition) is 25. The zero-order valence-electron chi connectivity index (χ0n) is 50.8. The molecule has 56 heteroatoms. The van der Waals surface area contributed by atoms with E-state index in [1.807, 2.05) is 46.9 Å². The number of amides is 2. The van der Waals surface area contributed by atoms with Gasteiger partial charge in [-0.05, 0) is 24.5 Å². The smallest absolute Gasteiger partial charge is 0.481 e. The van der Waals surface area contributed by atoms with Crippen molar-refractivity contribution in [1.29, 1.82) is 0 Å². The van der Waals surface area contributed by atoms with Crippen LogP contribution in [0.4, 0.5) is 9.59 Å². The molecule has 0 aromatic rings. The molecule has 39 N–H and O–H groups in total. The molecule has 0 fully saturated rings. The van der Waals surface area contributed by atoms with E-state index in [-0.39, 0.29) is 32.7 Å². The first-order valence-electron chi connectivity index (χ1n) is 24.0. The number of nitrogens with two attached hydrogens (primary N) is 7. The molecular formula is C34H100N9O39P8+. The summed E-state index contributed by atoms with van der Waals surface area (Å²) in [5.74, 6) is -5.05. The quantitative estimate of drug-likeness (QED) is 0.0378. The van der Waals surface area contributed by atoms with Crippen molar-refractivity contribution in [2.24, 2.45) is 40.1 Å². The summed E-state index contributed by atoms with van der Waals surface area (Å²) in [6.45, 7) is 16.4. The summed E-state index contributed by atoms with van der Waals surface area (Å²) in [5.41, 5.74) is 33.4. The number of phosphoric ester groups is 2. The molecule has 0 aliphatic carbocycles. The van der Waals surface area contributed by atoms with E-state index in [1.54, 1.807) is 0 Å². The Kier molecular flexibility index (Phi) is 92.5. The van der Waals surface area contributed by atoms with Gasteiger partial charge in [-0.2, -0.15) is 4.89 Å². The average molecular weight is 1510 g/mol. The first-order chi connectivity index (χ1) is 40.0. The number of aliphatic carboxylic acids is 4. The Bertz CT molecular complexity index is 2110. The van der Waals surface area contributed by atoms with Crippen LogP contribution in [0.15, 0.2) is 0 Å². The van der Waals surface area contributed by atoms with Crippen molar-refractivity contribution in [3.8, 4) is 0 Å². The molecule has 0 aromatic carbocycles. The van der Waals surface area contributed by atoms with Crippen molar-refractivity contribution in [3.63, 3.8) is 0 Å². The van der Waals surface area contributed by atoms with E-state index in [0.717, 1.165) is 26.2 Å². The lowest BCUT2D eigenvalue weighted by Gasteiger charge is -2.28. The zero-order chi connectivity index (χ0) is 76.7. The molecule has 48 nitrogen and oxygen atoms in total. The summed E-state index contributed by atoms with van der Waals surface area (Å²) < 4.78 is 88.4. The molecule has 0 aliphatic rings. The van der Waals surface area contributed by atoms with Crippen LogP contribution in [0.5, 0.6) is 0 Å². The summed E-state index contributed by atoms with van der Waals surface area (Å²) in [6.07, 6.45) is -0.116. The standard InChI is InChI=1S/C6H13NO2.C3H11NO7P2.C3H8NO6P.C3H7NO2.C2H8NO4P.C2H8NO3P.2C2H5NO2.C2H6O6P2.C2H4O2.3C2H6.CH6NO3P/c1-2-3-4-5-7-6(8)9;4-2-1-3(5,12(6,7)8)13(9,10)11;4-2(3(5)6)1-10-11(7,8)9;4-2-1-3(5)6;3-1-2-7-8(4,5)6;1-2(3)7(4,5)6;1-3-2(4)5;3-1-2(4)5;1-2(3,9(4)5)10(6,7)8;1-2(3)4;3*1-2;2-1-6(3,4)5/h7H,2-5H2,1H3,(H,8,9);5H,1-2,4H2,(H2,6,7,8)(H2,9,10,11);2H,1,4H2,(H,5,6)(H2,7,8,9);1-2,4H2,(H,5,6);1-3H2,(H2,4,5,6);2H,3H2,1H3,(H2,4,5,6);3H,1H3,(H,4,5);1,3H2,(H,4,5);3H,1H3,(H2-,4,5,6,7,8);1H3,(H,3,4);3*1-2H3;1-2H2,(H2,3,4,5)/p+1. The van der Waals surface area contributed by atoms with Crippen molar-refractivity contribution < 1.29 is 189 Å². The molecular weight excluding hydrogens is 1410 g/mol. The second-order valence-corrected chi connectivity index (χ2v) is 27.7. The van der Waals surface area contributed by atoms with Gasteiger partial charge in [0.1, 0.15) is 11.8 Å². The molecule has 0 saturated heterocycles. The molecule has 4 unspecified atom stereocenters. The highest BCUT2D eigenvalue weighted by Crippen LogP contribution is 2.68. The molecule has 0 bridgehead atoms. The molecule has 0 rings (SSSR count). The number of aliphatic hydroxyl groups is 2. The Morgan fingerprint density at radius 3 is 1.00 bits per heavy atom. The van der Waals surface area contributed by atoms with Crippen LogP contribution in [0, 0.1) is 0 Å². The Morgan fingerprint density at radius 1 is 0.589 bits per heavy atom. The summed E-state index contributed by atoms with van der Waals surface area (Å²) in [7, 11) is -34.2. The summed E-state index contributed by atoms with van der Waals surface area (Å²) in [6, 6.07) is -1.41. The van der Waals surface area contributed by atoms with E-state index >= 15 is 0 Å². The maximum absolute atomic E-state index is 10.6. The number of carboxylic acids is 4. The Morgan fingerprint density at radius 2 is 0.900 bits per heavy atom. The molecule has 0 saturated carbocycles. The third kappa shape index (κ3) is 119. The van der Waals surface area contributed by atoms with Gasteiger partial charge < -0.3 is 160 Å². The van der Waals surface area contributed by atoms with Crippen molar-refractivity contribution in [2.75, 3.05) is 59.3 Å². The molecule has 2 amide bonds. The Hall–Kier alpha value is -2.91. The maximum Gasteiger partial charge on any atom is 0.554 e. The van der Waals surface area contributed by atoms with Gasteiger partial charge in [0.15, 0.2) is 0 Å². The minimum Gasteiger partial charge on any atom is -0.481 e. The molecule has 0 spiro atoms. The normalized spacial score (nSPS) is 11.9. The van der Waals surface area contributed by atoms with Crippen LogP contribution in [0.2, 0.25) is 0 Å². The number of nitrogens with one attached hydrogen (secondary N) is 2. The predicted octanol–water partition coefficient (Wildman–Crippen LogP) is -3.04. The van der Waals surface area contributed by atoms with Crippen LogP contribution >= 0.6 is 61.7 Å². The van der Waals surface area contributed by atoms with Gasteiger partial charge in [0.2, 0.25) is 0 Å². The monoisotopic (exact) mass is 1510 g/mol. The van der Waals surface area contributed by atoms with E-state index < -0.39 is 146 Å². The summed E-state index contributed by atoms with van der Waals surface area (Å²) in [5, 5.41) is 62.4. The van der Waals surface area contributed by atoms with Gasteiger partial charge in [-0.25, -0.2) is 18.7 Å². The number of unbranched alkanes of at least 4 members (excludes halogenated alkanes) is 2. The van der Waals surface area contributed by atoms with E-state index in [2.05, 4.69) is 32.8 Å². The first-order valence-corrected chi connectivity index (χ1v) is 36.6. The Labute approximate surface area is 518 Å². The molecule has 4 atom stereocenters. The topological polar surface area (TPSA) is 929 Å². The third-order valence-electron chi connectivity index (χ3n) is 6.02. The SMILES string of the molecule is CC.CC.CC.CC(=O)O.CC(N)P(=O)(O)O.CC(O)([P+](=O)O)P(=O)(O)O.CCCCCNC(=O)O.CNC(=O)O.NC(COP(=O)(O)O)C(=O)O.NCC(=O)O.NCCC(=O)O.NCCC(O)(P(=O)(O)O)P(=O)(O)O.NCCOP(=O)(O)O.NCP(=O)(O)O. The van der Waals surface area contributed by atoms with E-state index in [4.69, 9.17) is 148 Å². The van der Waals surface area contributed by atoms with Crippen molar-refractivity contribution >= 4 is 97.7 Å². The van der Waals surface area contributed by atoms with Crippen molar-refractivity contribution in [1.82, 2.24) is 10.6 Å². The van der Waals surface area contributed by atoms with Gasteiger partial charge in [0.25, 0.3) is 11.1 Å². The fraction of sp³-hybridized carbons (Fsp3) is 0.824.